The third-order valence-electron chi connectivity index (χ3n) is 2.55. The highest BCUT2D eigenvalue weighted by Crippen LogP contribution is 2.16. The lowest BCUT2D eigenvalue weighted by molar-refractivity contribution is 0.439. The summed E-state index contributed by atoms with van der Waals surface area (Å²) < 4.78 is 0. The van der Waals surface area contributed by atoms with Crippen LogP contribution in [0, 0.1) is 11.8 Å². The smallest absolute Gasteiger partial charge is 0.285 e. The van der Waals surface area contributed by atoms with Crippen LogP contribution in [0.2, 0.25) is 5.02 Å². The first kappa shape index (κ1) is 12.0. The molecule has 0 saturated heterocycles. The van der Waals surface area contributed by atoms with Crippen LogP contribution in [0.3, 0.4) is 0 Å². The minimum Gasteiger partial charge on any atom is -0.382 e. The van der Waals surface area contributed by atoms with Gasteiger partial charge in [0.05, 0.1) is 11.9 Å². The van der Waals surface area contributed by atoms with Gasteiger partial charge in [0.15, 0.2) is 0 Å². The van der Waals surface area contributed by atoms with Crippen molar-refractivity contribution in [3.63, 3.8) is 0 Å². The quantitative estimate of drug-likeness (QED) is 0.832. The van der Waals surface area contributed by atoms with Crippen molar-refractivity contribution in [2.24, 2.45) is 11.8 Å². The Labute approximate surface area is 94.0 Å². The Hall–Kier alpha value is -1.03. The first-order valence-corrected chi connectivity index (χ1v) is 5.37. The van der Waals surface area contributed by atoms with Crippen LogP contribution in [0.5, 0.6) is 0 Å². The summed E-state index contributed by atoms with van der Waals surface area (Å²) in [6.07, 6.45) is 1.52. The molecule has 1 aromatic rings. The number of aromatic nitrogens is 2. The molecule has 0 aliphatic heterocycles. The fourth-order valence-corrected chi connectivity index (χ4v) is 1.17. The first-order valence-electron chi connectivity index (χ1n) is 4.99. The molecule has 0 spiro atoms. The Morgan fingerprint density at radius 2 is 2.20 bits per heavy atom. The molecule has 1 unspecified atom stereocenters. The summed E-state index contributed by atoms with van der Waals surface area (Å²) in [5, 5.41) is 9.24. The molecule has 1 rings (SSSR count). The summed E-state index contributed by atoms with van der Waals surface area (Å²) >= 11 is 5.81. The van der Waals surface area contributed by atoms with E-state index in [0.717, 1.165) is 6.54 Å². The maximum atomic E-state index is 11.1. The predicted octanol–water partition coefficient (Wildman–Crippen LogP) is 2.13. The average Bonchev–Trinajstić information content (AvgIpc) is 2.19. The average molecular weight is 230 g/mol. The number of aromatic amines is 1. The van der Waals surface area contributed by atoms with Crippen LogP contribution >= 0.6 is 11.6 Å². The van der Waals surface area contributed by atoms with Gasteiger partial charge in [0, 0.05) is 6.54 Å². The molecule has 0 fully saturated rings. The molecule has 84 valence electrons. The maximum Gasteiger partial charge on any atom is 0.285 e. The minimum atomic E-state index is -0.362. The topological polar surface area (TPSA) is 57.8 Å². The van der Waals surface area contributed by atoms with Gasteiger partial charge < -0.3 is 5.32 Å². The normalized spacial score (nSPS) is 12.9. The molecule has 0 amide bonds. The highest BCUT2D eigenvalue weighted by Gasteiger charge is 2.09. The summed E-state index contributed by atoms with van der Waals surface area (Å²) in [5.74, 6) is 1.10. The Bertz CT molecular complexity index is 375. The number of hydrogen-bond acceptors (Lipinski definition) is 3. The molecule has 0 aliphatic carbocycles. The number of H-pyrrole nitrogens is 1. The van der Waals surface area contributed by atoms with Gasteiger partial charge in [-0.05, 0) is 11.8 Å². The van der Waals surface area contributed by atoms with E-state index in [2.05, 4.69) is 36.3 Å². The lowest BCUT2D eigenvalue weighted by Gasteiger charge is -2.16. The molecule has 0 bridgehead atoms. The van der Waals surface area contributed by atoms with Crippen molar-refractivity contribution in [2.75, 3.05) is 11.9 Å². The second-order valence-electron chi connectivity index (χ2n) is 4.03. The summed E-state index contributed by atoms with van der Waals surface area (Å²) in [5.41, 5.74) is 0.229. The molecule has 5 heteroatoms. The number of nitrogens with one attached hydrogen (secondary N) is 2. The van der Waals surface area contributed by atoms with Crippen molar-refractivity contribution in [2.45, 2.75) is 20.8 Å². The number of anilines is 1. The third kappa shape index (κ3) is 3.23. The van der Waals surface area contributed by atoms with Crippen molar-refractivity contribution < 1.29 is 0 Å². The zero-order valence-electron chi connectivity index (χ0n) is 9.17. The largest absolute Gasteiger partial charge is 0.382 e. The van der Waals surface area contributed by atoms with Crippen molar-refractivity contribution in [3.05, 3.63) is 21.6 Å². The van der Waals surface area contributed by atoms with Crippen LogP contribution in [0.25, 0.3) is 0 Å². The number of nitrogens with zero attached hydrogens (tertiary/aromatic N) is 1. The molecule has 1 atom stereocenters. The molecule has 1 aromatic heterocycles. The van der Waals surface area contributed by atoms with E-state index in [0.29, 0.717) is 17.5 Å². The fraction of sp³-hybridized carbons (Fsp3) is 0.600. The van der Waals surface area contributed by atoms with Gasteiger partial charge in [-0.2, -0.15) is 5.10 Å². The lowest BCUT2D eigenvalue weighted by atomic mass is 9.98. The molecule has 4 nitrogen and oxygen atoms in total. The van der Waals surface area contributed by atoms with E-state index in [4.69, 9.17) is 11.6 Å². The van der Waals surface area contributed by atoms with Crippen molar-refractivity contribution >= 4 is 17.3 Å². The van der Waals surface area contributed by atoms with Crippen LogP contribution in [0.4, 0.5) is 5.69 Å². The zero-order chi connectivity index (χ0) is 11.4. The summed E-state index contributed by atoms with van der Waals surface area (Å²) in [4.78, 5) is 11.1. The molecule has 1 heterocycles. The van der Waals surface area contributed by atoms with E-state index in [1.54, 1.807) is 0 Å². The highest BCUT2D eigenvalue weighted by molar-refractivity contribution is 6.32. The van der Waals surface area contributed by atoms with Crippen molar-refractivity contribution in [1.82, 2.24) is 10.2 Å². The third-order valence-corrected chi connectivity index (χ3v) is 2.92. The Morgan fingerprint density at radius 1 is 1.53 bits per heavy atom. The standard InChI is InChI=1S/C10H16ClN3O/c1-6(2)7(3)4-12-8-5-13-14-10(15)9(8)11/h5-7H,4H2,1-3H3,(H2,12,14,15). The minimum absolute atomic E-state index is 0.168. The SMILES string of the molecule is CC(C)C(C)CNc1cn[nH]c(=O)c1Cl. The summed E-state index contributed by atoms with van der Waals surface area (Å²) in [6, 6.07) is 0. The fourth-order valence-electron chi connectivity index (χ4n) is 1.01. The molecule has 2 N–H and O–H groups in total. The number of halogens is 1. The van der Waals surface area contributed by atoms with Crippen LogP contribution in [-0.2, 0) is 0 Å². The van der Waals surface area contributed by atoms with Gasteiger partial charge in [0.1, 0.15) is 5.02 Å². The molecular formula is C10H16ClN3O. The first-order chi connectivity index (χ1) is 7.02. The molecule has 15 heavy (non-hydrogen) atoms. The highest BCUT2D eigenvalue weighted by atomic mass is 35.5. The van der Waals surface area contributed by atoms with Gasteiger partial charge in [0.2, 0.25) is 0 Å². The van der Waals surface area contributed by atoms with Gasteiger partial charge >= 0.3 is 0 Å². The van der Waals surface area contributed by atoms with Gasteiger partial charge in [-0.3, -0.25) is 4.79 Å². The second kappa shape index (κ2) is 5.16. The second-order valence-corrected chi connectivity index (χ2v) is 4.41. The number of rotatable bonds is 4. The molecule has 0 saturated carbocycles. The van der Waals surface area contributed by atoms with Crippen molar-refractivity contribution in [1.29, 1.82) is 0 Å². The molecular weight excluding hydrogens is 214 g/mol. The molecule has 0 radical (unpaired) electrons. The Morgan fingerprint density at radius 3 is 2.80 bits per heavy atom. The monoisotopic (exact) mass is 229 g/mol. The van der Waals surface area contributed by atoms with Crippen LogP contribution in [0.15, 0.2) is 11.0 Å². The maximum absolute atomic E-state index is 11.1. The van der Waals surface area contributed by atoms with Crippen LogP contribution in [0.1, 0.15) is 20.8 Å². The van der Waals surface area contributed by atoms with Gasteiger partial charge in [-0.25, -0.2) is 5.10 Å². The molecule has 0 aromatic carbocycles. The Kier molecular flexibility index (Phi) is 4.15. The van der Waals surface area contributed by atoms with E-state index in [9.17, 15) is 4.79 Å². The van der Waals surface area contributed by atoms with Crippen LogP contribution in [-0.4, -0.2) is 16.7 Å². The van der Waals surface area contributed by atoms with Gasteiger partial charge in [0.25, 0.3) is 5.56 Å². The predicted molar refractivity (Wildman–Crippen MR) is 62.4 cm³/mol. The van der Waals surface area contributed by atoms with Gasteiger partial charge in [-0.1, -0.05) is 32.4 Å². The lowest BCUT2D eigenvalue weighted by Crippen LogP contribution is -2.18. The summed E-state index contributed by atoms with van der Waals surface area (Å²) in [6.45, 7) is 7.24. The number of hydrogen-bond donors (Lipinski definition) is 2. The molecule has 0 aliphatic rings. The van der Waals surface area contributed by atoms with E-state index >= 15 is 0 Å². The van der Waals surface area contributed by atoms with Gasteiger partial charge in [-0.15, -0.1) is 0 Å². The van der Waals surface area contributed by atoms with E-state index < -0.39 is 0 Å². The van der Waals surface area contributed by atoms with E-state index in [1.165, 1.54) is 6.20 Å². The van der Waals surface area contributed by atoms with E-state index in [1.807, 2.05) is 0 Å². The van der Waals surface area contributed by atoms with E-state index in [-0.39, 0.29) is 10.6 Å². The van der Waals surface area contributed by atoms with Crippen molar-refractivity contribution in [3.8, 4) is 0 Å². The zero-order valence-corrected chi connectivity index (χ0v) is 9.93. The summed E-state index contributed by atoms with van der Waals surface area (Å²) in [7, 11) is 0. The Balaban J connectivity index is 2.66. The van der Waals surface area contributed by atoms with Crippen LogP contribution < -0.4 is 10.9 Å².